The zero-order valence-corrected chi connectivity index (χ0v) is 13.4. The maximum absolute atomic E-state index is 5.42. The van der Waals surface area contributed by atoms with Gasteiger partial charge in [0.2, 0.25) is 0 Å². The molecule has 1 N–H and O–H groups in total. The molecule has 0 amide bonds. The third-order valence-electron chi connectivity index (χ3n) is 3.15. The highest BCUT2D eigenvalue weighted by molar-refractivity contribution is 5.85. The Labute approximate surface area is 131 Å². The van der Waals surface area contributed by atoms with Crippen LogP contribution in [0.5, 0.6) is 11.5 Å². The summed E-state index contributed by atoms with van der Waals surface area (Å²) in [7, 11) is 3.31. The predicted molar refractivity (Wildman–Crippen MR) is 85.3 cm³/mol. The number of hydrogen-bond donors (Lipinski definition) is 1. The Morgan fingerprint density at radius 2 is 2.05 bits per heavy atom. The van der Waals surface area contributed by atoms with Gasteiger partial charge in [-0.05, 0) is 19.1 Å². The number of para-hydroxylation sites is 1. The molecule has 1 atom stereocenters. The highest BCUT2D eigenvalue weighted by Gasteiger charge is 2.10. The molecule has 0 aliphatic rings. The minimum atomic E-state index is 0. The molecule has 2 aromatic rings. The van der Waals surface area contributed by atoms with Crippen molar-refractivity contribution in [3.8, 4) is 11.5 Å². The second-order valence-electron chi connectivity index (χ2n) is 4.66. The monoisotopic (exact) mass is 311 g/mol. The Bertz CT molecular complexity index is 532. The molecule has 116 valence electrons. The fourth-order valence-corrected chi connectivity index (χ4v) is 2.13. The van der Waals surface area contributed by atoms with Gasteiger partial charge in [0, 0.05) is 30.5 Å². The molecule has 1 unspecified atom stereocenters. The van der Waals surface area contributed by atoms with Crippen molar-refractivity contribution < 1.29 is 9.47 Å². The minimum absolute atomic E-state index is 0. The Morgan fingerprint density at radius 3 is 2.67 bits per heavy atom. The third kappa shape index (κ3) is 4.65. The lowest BCUT2D eigenvalue weighted by Gasteiger charge is -2.16. The van der Waals surface area contributed by atoms with E-state index in [9.17, 15) is 0 Å². The van der Waals surface area contributed by atoms with Crippen molar-refractivity contribution in [1.82, 2.24) is 15.1 Å². The topological polar surface area (TPSA) is 48.3 Å². The van der Waals surface area contributed by atoms with Crippen molar-refractivity contribution in [2.24, 2.45) is 0 Å². The molecule has 2 rings (SSSR count). The molecule has 6 heteroatoms. The number of benzene rings is 1. The summed E-state index contributed by atoms with van der Waals surface area (Å²) < 4.78 is 12.6. The molecule has 0 bridgehead atoms. The largest absolute Gasteiger partial charge is 0.493 e. The molecular weight excluding hydrogens is 290 g/mol. The number of ether oxygens (including phenoxy) is 2. The van der Waals surface area contributed by atoms with Crippen LogP contribution < -0.4 is 14.8 Å². The average Bonchev–Trinajstić information content (AvgIpc) is 2.97. The van der Waals surface area contributed by atoms with Crippen LogP contribution in [0.4, 0.5) is 0 Å². The summed E-state index contributed by atoms with van der Waals surface area (Å²) >= 11 is 0. The molecule has 0 saturated heterocycles. The van der Waals surface area contributed by atoms with Crippen LogP contribution >= 0.6 is 12.4 Å². The molecule has 0 fully saturated rings. The SMILES string of the molecule is COc1cccc(CNC(C)Cn2cccn2)c1OC.Cl. The Hall–Kier alpha value is -1.72. The van der Waals surface area contributed by atoms with Crippen molar-refractivity contribution in [3.63, 3.8) is 0 Å². The maximum Gasteiger partial charge on any atom is 0.165 e. The van der Waals surface area contributed by atoms with E-state index < -0.39 is 0 Å². The van der Waals surface area contributed by atoms with E-state index in [2.05, 4.69) is 17.3 Å². The lowest BCUT2D eigenvalue weighted by atomic mass is 10.1. The van der Waals surface area contributed by atoms with Gasteiger partial charge in [-0.15, -0.1) is 12.4 Å². The van der Waals surface area contributed by atoms with Gasteiger partial charge in [-0.2, -0.15) is 5.10 Å². The lowest BCUT2D eigenvalue weighted by Crippen LogP contribution is -2.30. The second kappa shape index (κ2) is 8.54. The van der Waals surface area contributed by atoms with Crippen molar-refractivity contribution in [3.05, 3.63) is 42.2 Å². The summed E-state index contributed by atoms with van der Waals surface area (Å²) in [6.45, 7) is 3.69. The van der Waals surface area contributed by atoms with Crippen molar-refractivity contribution in [1.29, 1.82) is 0 Å². The number of nitrogens with zero attached hydrogens (tertiary/aromatic N) is 2. The van der Waals surface area contributed by atoms with Crippen LogP contribution in [0.25, 0.3) is 0 Å². The zero-order chi connectivity index (χ0) is 14.4. The molecule has 0 spiro atoms. The van der Waals surface area contributed by atoms with Crippen LogP contribution in [-0.2, 0) is 13.1 Å². The number of methoxy groups -OCH3 is 2. The third-order valence-corrected chi connectivity index (χ3v) is 3.15. The van der Waals surface area contributed by atoms with Crippen LogP contribution in [-0.4, -0.2) is 30.0 Å². The van der Waals surface area contributed by atoms with Gasteiger partial charge in [0.15, 0.2) is 11.5 Å². The van der Waals surface area contributed by atoms with Gasteiger partial charge in [-0.25, -0.2) is 0 Å². The van der Waals surface area contributed by atoms with Crippen molar-refractivity contribution in [2.45, 2.75) is 26.1 Å². The van der Waals surface area contributed by atoms with Gasteiger partial charge in [0.1, 0.15) is 0 Å². The number of hydrogen-bond acceptors (Lipinski definition) is 4. The molecule has 1 heterocycles. The Morgan fingerprint density at radius 1 is 1.24 bits per heavy atom. The van der Waals surface area contributed by atoms with Gasteiger partial charge >= 0.3 is 0 Å². The Balaban J connectivity index is 0.00000220. The van der Waals surface area contributed by atoms with E-state index in [1.54, 1.807) is 20.4 Å². The zero-order valence-electron chi connectivity index (χ0n) is 12.6. The number of rotatable bonds is 7. The fraction of sp³-hybridized carbons (Fsp3) is 0.400. The molecule has 1 aromatic heterocycles. The summed E-state index contributed by atoms with van der Waals surface area (Å²) in [6, 6.07) is 8.14. The van der Waals surface area contributed by atoms with E-state index in [-0.39, 0.29) is 12.4 Å². The van der Waals surface area contributed by atoms with Gasteiger partial charge in [-0.3, -0.25) is 4.68 Å². The maximum atomic E-state index is 5.42. The first-order valence-electron chi connectivity index (χ1n) is 6.65. The lowest BCUT2D eigenvalue weighted by molar-refractivity contribution is 0.349. The van der Waals surface area contributed by atoms with Gasteiger partial charge in [-0.1, -0.05) is 12.1 Å². The van der Waals surface area contributed by atoms with E-state index in [0.29, 0.717) is 6.04 Å². The van der Waals surface area contributed by atoms with Crippen LogP contribution in [0.15, 0.2) is 36.7 Å². The highest BCUT2D eigenvalue weighted by atomic mass is 35.5. The van der Waals surface area contributed by atoms with E-state index in [1.807, 2.05) is 35.1 Å². The molecular formula is C15H22ClN3O2. The summed E-state index contributed by atoms with van der Waals surface area (Å²) in [5.41, 5.74) is 1.08. The van der Waals surface area contributed by atoms with Crippen LogP contribution in [0.1, 0.15) is 12.5 Å². The van der Waals surface area contributed by atoms with Gasteiger partial charge in [0.25, 0.3) is 0 Å². The molecule has 21 heavy (non-hydrogen) atoms. The predicted octanol–water partition coefficient (Wildman–Crippen LogP) is 2.50. The smallest absolute Gasteiger partial charge is 0.165 e. The average molecular weight is 312 g/mol. The summed E-state index contributed by atoms with van der Waals surface area (Å²) in [6.07, 6.45) is 3.75. The van der Waals surface area contributed by atoms with E-state index in [0.717, 1.165) is 30.2 Å². The summed E-state index contributed by atoms with van der Waals surface area (Å²) in [5.74, 6) is 1.54. The first kappa shape index (κ1) is 17.3. The van der Waals surface area contributed by atoms with Gasteiger partial charge in [0.05, 0.1) is 20.8 Å². The number of aromatic nitrogens is 2. The molecule has 0 aliphatic heterocycles. The number of nitrogens with one attached hydrogen (secondary N) is 1. The summed E-state index contributed by atoms with van der Waals surface area (Å²) in [4.78, 5) is 0. The highest BCUT2D eigenvalue weighted by Crippen LogP contribution is 2.30. The first-order chi connectivity index (χ1) is 9.74. The van der Waals surface area contributed by atoms with Crippen molar-refractivity contribution >= 4 is 12.4 Å². The van der Waals surface area contributed by atoms with Gasteiger partial charge < -0.3 is 14.8 Å². The normalized spacial score (nSPS) is 11.6. The van der Waals surface area contributed by atoms with Crippen molar-refractivity contribution in [2.75, 3.05) is 14.2 Å². The van der Waals surface area contributed by atoms with Crippen LogP contribution in [0.2, 0.25) is 0 Å². The quantitative estimate of drug-likeness (QED) is 0.853. The van der Waals surface area contributed by atoms with E-state index >= 15 is 0 Å². The second-order valence-corrected chi connectivity index (χ2v) is 4.66. The van der Waals surface area contributed by atoms with E-state index in [1.165, 1.54) is 0 Å². The molecule has 1 aromatic carbocycles. The molecule has 5 nitrogen and oxygen atoms in total. The van der Waals surface area contributed by atoms with Crippen LogP contribution in [0, 0.1) is 0 Å². The fourth-order valence-electron chi connectivity index (χ4n) is 2.13. The minimum Gasteiger partial charge on any atom is -0.493 e. The van der Waals surface area contributed by atoms with Crippen LogP contribution in [0.3, 0.4) is 0 Å². The first-order valence-corrected chi connectivity index (χ1v) is 6.65. The number of halogens is 1. The summed E-state index contributed by atoms with van der Waals surface area (Å²) in [5, 5.41) is 7.67. The Kier molecular flexibility index (Phi) is 7.05. The molecule has 0 aliphatic carbocycles. The molecule has 0 radical (unpaired) electrons. The molecule has 0 saturated carbocycles. The van der Waals surface area contributed by atoms with E-state index in [4.69, 9.17) is 9.47 Å². The standard InChI is InChI=1S/C15H21N3O2.ClH/c1-12(11-18-9-5-8-17-18)16-10-13-6-4-7-14(19-2)15(13)20-3;/h4-9,12,16H,10-11H2,1-3H3;1H.